The van der Waals surface area contributed by atoms with Gasteiger partial charge in [0.15, 0.2) is 0 Å². The topological polar surface area (TPSA) is 97.9 Å². The Balaban J connectivity index is 1.79. The lowest BCUT2D eigenvalue weighted by Gasteiger charge is -2.10. The Bertz CT molecular complexity index is 780. The summed E-state index contributed by atoms with van der Waals surface area (Å²) in [7, 11) is 3.19. The fourth-order valence-electron chi connectivity index (χ4n) is 2.40. The lowest BCUT2D eigenvalue weighted by atomic mass is 10.2. The second-order valence-corrected chi connectivity index (χ2v) is 6.10. The van der Waals surface area contributed by atoms with Crippen LogP contribution >= 0.6 is 0 Å². The van der Waals surface area contributed by atoms with Gasteiger partial charge in [-0.05, 0) is 36.4 Å². The maximum atomic E-state index is 12.2. The van der Waals surface area contributed by atoms with Crippen LogP contribution in [-0.2, 0) is 14.3 Å². The van der Waals surface area contributed by atoms with Crippen LogP contribution in [0.2, 0.25) is 0 Å². The zero-order valence-corrected chi connectivity index (χ0v) is 16.7. The number of nitrogens with one attached hydrogen (secondary N) is 3. The molecule has 0 aliphatic carbocycles. The van der Waals surface area contributed by atoms with E-state index in [9.17, 15) is 9.59 Å². The first-order chi connectivity index (χ1) is 14.1. The third-order valence-corrected chi connectivity index (χ3v) is 3.87. The van der Waals surface area contributed by atoms with Gasteiger partial charge in [-0.3, -0.25) is 9.59 Å². The molecule has 0 fully saturated rings. The zero-order valence-electron chi connectivity index (χ0n) is 16.7. The smallest absolute Gasteiger partial charge is 0.251 e. The third kappa shape index (κ3) is 8.20. The van der Waals surface area contributed by atoms with Gasteiger partial charge in [0.1, 0.15) is 12.4 Å². The van der Waals surface area contributed by atoms with Gasteiger partial charge in [0.2, 0.25) is 5.91 Å². The summed E-state index contributed by atoms with van der Waals surface area (Å²) in [4.78, 5) is 24.1. The second-order valence-electron chi connectivity index (χ2n) is 6.10. The Morgan fingerprint density at radius 1 is 0.897 bits per heavy atom. The predicted molar refractivity (Wildman–Crippen MR) is 112 cm³/mol. The van der Waals surface area contributed by atoms with Crippen molar-refractivity contribution in [2.75, 3.05) is 57.8 Å². The van der Waals surface area contributed by atoms with Gasteiger partial charge in [0.25, 0.3) is 5.91 Å². The monoisotopic (exact) mass is 401 g/mol. The lowest BCUT2D eigenvalue weighted by molar-refractivity contribution is -0.114. The Morgan fingerprint density at radius 3 is 2.38 bits per heavy atom. The van der Waals surface area contributed by atoms with E-state index in [2.05, 4.69) is 16.0 Å². The van der Waals surface area contributed by atoms with Crippen molar-refractivity contribution < 1.29 is 23.8 Å². The Morgan fingerprint density at radius 2 is 1.66 bits per heavy atom. The number of hydrogen-bond acceptors (Lipinski definition) is 6. The number of carbonyl (C=O) groups excluding carboxylic acids is 2. The summed E-state index contributed by atoms with van der Waals surface area (Å²) in [5, 5.41) is 8.58. The van der Waals surface area contributed by atoms with E-state index < -0.39 is 0 Å². The quantitative estimate of drug-likeness (QED) is 0.472. The van der Waals surface area contributed by atoms with Gasteiger partial charge in [-0.25, -0.2) is 0 Å². The van der Waals surface area contributed by atoms with Gasteiger partial charge in [-0.2, -0.15) is 0 Å². The van der Waals surface area contributed by atoms with E-state index in [-0.39, 0.29) is 18.4 Å². The number of rotatable bonds is 12. The van der Waals surface area contributed by atoms with Gasteiger partial charge < -0.3 is 30.2 Å². The highest BCUT2D eigenvalue weighted by Crippen LogP contribution is 2.17. The van der Waals surface area contributed by atoms with Gasteiger partial charge in [0, 0.05) is 43.8 Å². The molecule has 0 aromatic heterocycles. The van der Waals surface area contributed by atoms with Crippen molar-refractivity contribution in [2.24, 2.45) is 0 Å². The number of carbonyl (C=O) groups is 2. The van der Waals surface area contributed by atoms with Crippen LogP contribution in [0.4, 0.5) is 11.4 Å². The fraction of sp³-hybridized carbons (Fsp3) is 0.333. The summed E-state index contributed by atoms with van der Waals surface area (Å²) in [5.74, 6) is 0.314. The maximum Gasteiger partial charge on any atom is 0.251 e. The van der Waals surface area contributed by atoms with Crippen molar-refractivity contribution in [3.05, 3.63) is 54.1 Å². The van der Waals surface area contributed by atoms with Crippen molar-refractivity contribution in [2.45, 2.75) is 0 Å². The van der Waals surface area contributed by atoms with Crippen LogP contribution in [0, 0.1) is 0 Å². The molecule has 0 aliphatic rings. The second kappa shape index (κ2) is 12.4. The molecule has 0 aliphatic heterocycles. The van der Waals surface area contributed by atoms with Crippen molar-refractivity contribution in [1.82, 2.24) is 5.32 Å². The molecular weight excluding hydrogens is 374 g/mol. The molecule has 156 valence electrons. The average Bonchev–Trinajstić information content (AvgIpc) is 2.73. The number of methoxy groups -OCH3 is 2. The predicted octanol–water partition coefficient (Wildman–Crippen LogP) is 2.14. The van der Waals surface area contributed by atoms with E-state index >= 15 is 0 Å². The normalized spacial score (nSPS) is 10.3. The van der Waals surface area contributed by atoms with Crippen LogP contribution in [0.15, 0.2) is 48.5 Å². The van der Waals surface area contributed by atoms with Gasteiger partial charge >= 0.3 is 0 Å². The highest BCUT2D eigenvalue weighted by atomic mass is 16.5. The summed E-state index contributed by atoms with van der Waals surface area (Å²) in [6.45, 7) is 1.96. The Labute approximate surface area is 170 Å². The summed E-state index contributed by atoms with van der Waals surface area (Å²) in [6.07, 6.45) is 0. The lowest BCUT2D eigenvalue weighted by Crippen LogP contribution is -2.27. The van der Waals surface area contributed by atoms with Gasteiger partial charge in [0.05, 0.1) is 19.8 Å². The summed E-state index contributed by atoms with van der Waals surface area (Å²) < 4.78 is 15.4. The highest BCUT2D eigenvalue weighted by Gasteiger charge is 2.07. The summed E-state index contributed by atoms with van der Waals surface area (Å²) >= 11 is 0. The number of hydrogen-bond donors (Lipinski definition) is 3. The molecule has 0 bridgehead atoms. The SMILES string of the molecule is COCCNC(=O)c1ccc(NC(=O)CNc2cccc(OCCOC)c2)cc1. The van der Waals surface area contributed by atoms with Crippen LogP contribution in [-0.4, -0.2) is 58.9 Å². The molecule has 29 heavy (non-hydrogen) atoms. The molecule has 2 rings (SSSR count). The zero-order chi connectivity index (χ0) is 20.9. The van der Waals surface area contributed by atoms with Crippen molar-refractivity contribution in [3.63, 3.8) is 0 Å². The van der Waals surface area contributed by atoms with E-state index in [1.54, 1.807) is 38.5 Å². The number of ether oxygens (including phenoxy) is 3. The minimum absolute atomic E-state index is 0.0980. The van der Waals surface area contributed by atoms with Crippen LogP contribution in [0.5, 0.6) is 5.75 Å². The molecule has 0 saturated carbocycles. The maximum absolute atomic E-state index is 12.2. The minimum Gasteiger partial charge on any atom is -0.491 e. The van der Waals surface area contributed by atoms with Crippen molar-refractivity contribution in [3.8, 4) is 5.75 Å². The molecule has 8 nitrogen and oxygen atoms in total. The van der Waals surface area contributed by atoms with Crippen LogP contribution in [0.1, 0.15) is 10.4 Å². The molecule has 0 spiro atoms. The van der Waals surface area contributed by atoms with E-state index in [1.165, 1.54) is 0 Å². The summed E-state index contributed by atoms with van der Waals surface area (Å²) in [5.41, 5.74) is 1.91. The molecule has 0 saturated heterocycles. The average molecular weight is 401 g/mol. The standard InChI is InChI=1S/C21H27N3O5/c1-27-11-10-22-21(26)16-6-8-17(9-7-16)24-20(25)15-23-18-4-3-5-19(14-18)29-13-12-28-2/h3-9,14,23H,10-13,15H2,1-2H3,(H,22,26)(H,24,25). The fourth-order valence-corrected chi connectivity index (χ4v) is 2.40. The molecule has 2 amide bonds. The number of anilines is 2. The molecule has 0 heterocycles. The summed E-state index contributed by atoms with van der Waals surface area (Å²) in [6, 6.07) is 14.1. The van der Waals surface area contributed by atoms with E-state index in [1.807, 2.05) is 24.3 Å². The Hall–Kier alpha value is -3.10. The molecule has 8 heteroatoms. The highest BCUT2D eigenvalue weighted by molar-refractivity contribution is 5.96. The van der Waals surface area contributed by atoms with Crippen LogP contribution in [0.25, 0.3) is 0 Å². The molecule has 0 atom stereocenters. The van der Waals surface area contributed by atoms with E-state index in [4.69, 9.17) is 14.2 Å². The first kappa shape index (κ1) is 22.2. The Kier molecular flexibility index (Phi) is 9.47. The molecular formula is C21H27N3O5. The largest absolute Gasteiger partial charge is 0.491 e. The first-order valence-electron chi connectivity index (χ1n) is 9.25. The molecule has 0 radical (unpaired) electrons. The van der Waals surface area contributed by atoms with Crippen LogP contribution in [0.3, 0.4) is 0 Å². The van der Waals surface area contributed by atoms with Crippen LogP contribution < -0.4 is 20.7 Å². The molecule has 0 unspecified atom stereocenters. The first-order valence-corrected chi connectivity index (χ1v) is 9.25. The third-order valence-electron chi connectivity index (χ3n) is 3.87. The van der Waals surface area contributed by atoms with Gasteiger partial charge in [-0.1, -0.05) is 6.07 Å². The molecule has 2 aromatic rings. The van der Waals surface area contributed by atoms with Gasteiger partial charge in [-0.15, -0.1) is 0 Å². The number of amides is 2. The van der Waals surface area contributed by atoms with E-state index in [0.29, 0.717) is 43.4 Å². The molecule has 2 aromatic carbocycles. The van der Waals surface area contributed by atoms with Crippen molar-refractivity contribution >= 4 is 23.2 Å². The minimum atomic E-state index is -0.201. The number of benzene rings is 2. The van der Waals surface area contributed by atoms with E-state index in [0.717, 1.165) is 5.69 Å². The van der Waals surface area contributed by atoms with Crippen molar-refractivity contribution in [1.29, 1.82) is 0 Å². The molecule has 3 N–H and O–H groups in total.